The summed E-state index contributed by atoms with van der Waals surface area (Å²) in [6, 6.07) is 0.285. The van der Waals surface area contributed by atoms with Gasteiger partial charge in [-0.05, 0) is 12.3 Å². The lowest BCUT2D eigenvalue weighted by Gasteiger charge is -2.08. The van der Waals surface area contributed by atoms with Crippen LogP contribution in [-0.4, -0.2) is 11.9 Å². The van der Waals surface area contributed by atoms with Gasteiger partial charge in [0.2, 0.25) is 5.91 Å². The van der Waals surface area contributed by atoms with E-state index in [2.05, 4.69) is 24.4 Å². The minimum atomic E-state index is 0.0590. The normalized spacial score (nSPS) is 30.6. The topological polar surface area (TPSA) is 29.1 Å². The fourth-order valence-electron chi connectivity index (χ4n) is 1.25. The highest BCUT2D eigenvalue weighted by Crippen LogP contribution is 2.16. The maximum absolute atomic E-state index is 10.6. The molecule has 10 heavy (non-hydrogen) atoms. The molecule has 2 nitrogen and oxygen atoms in total. The number of allylic oxidation sites excluding steroid dienone is 1. The molecule has 56 valence electrons. The summed E-state index contributed by atoms with van der Waals surface area (Å²) < 4.78 is 0. The average Bonchev–Trinajstić information content (AvgIpc) is 2.13. The summed E-state index contributed by atoms with van der Waals surface area (Å²) in [6.45, 7) is 3.70. The highest BCUT2D eigenvalue weighted by molar-refractivity contribution is 5.73. The predicted molar refractivity (Wildman–Crippen MR) is 40.5 cm³/mol. The van der Waals surface area contributed by atoms with E-state index in [-0.39, 0.29) is 11.9 Å². The molecule has 0 radical (unpaired) electrons. The summed E-state index contributed by atoms with van der Waals surface area (Å²) in [6.07, 6.45) is 5.26. The van der Waals surface area contributed by atoms with Gasteiger partial charge in [-0.3, -0.25) is 4.79 Å². The number of hydrogen-bond acceptors (Lipinski definition) is 1. The number of amides is 1. The van der Waals surface area contributed by atoms with E-state index >= 15 is 0 Å². The van der Waals surface area contributed by atoms with Gasteiger partial charge in [-0.1, -0.05) is 19.1 Å². The van der Waals surface area contributed by atoms with E-state index in [4.69, 9.17) is 0 Å². The first-order valence-corrected chi connectivity index (χ1v) is 3.64. The van der Waals surface area contributed by atoms with Gasteiger partial charge in [-0.2, -0.15) is 0 Å². The van der Waals surface area contributed by atoms with Crippen LogP contribution in [0.5, 0.6) is 0 Å². The van der Waals surface area contributed by atoms with Crippen LogP contribution in [-0.2, 0) is 4.79 Å². The molecule has 0 bridgehead atoms. The van der Waals surface area contributed by atoms with Crippen molar-refractivity contribution in [3.05, 3.63) is 12.2 Å². The zero-order valence-electron chi connectivity index (χ0n) is 6.42. The largest absolute Gasteiger partial charge is 0.350 e. The van der Waals surface area contributed by atoms with Crippen LogP contribution in [0.3, 0.4) is 0 Å². The summed E-state index contributed by atoms with van der Waals surface area (Å²) in [4.78, 5) is 10.6. The number of hydrogen-bond donors (Lipinski definition) is 1. The van der Waals surface area contributed by atoms with Crippen molar-refractivity contribution >= 4 is 5.91 Å². The third-order valence-corrected chi connectivity index (χ3v) is 1.69. The second-order valence-corrected chi connectivity index (χ2v) is 2.90. The SMILES string of the molecule is CC(=O)NC1C=CC(C)C1. The molecule has 0 heterocycles. The first-order chi connectivity index (χ1) is 4.68. The Hall–Kier alpha value is -0.790. The van der Waals surface area contributed by atoms with Gasteiger partial charge in [0, 0.05) is 13.0 Å². The maximum Gasteiger partial charge on any atom is 0.217 e. The van der Waals surface area contributed by atoms with E-state index < -0.39 is 0 Å². The van der Waals surface area contributed by atoms with Crippen LogP contribution in [0.1, 0.15) is 20.3 Å². The van der Waals surface area contributed by atoms with E-state index in [1.165, 1.54) is 0 Å². The molecule has 1 N–H and O–H groups in total. The summed E-state index contributed by atoms with van der Waals surface area (Å²) in [5.74, 6) is 0.681. The lowest BCUT2D eigenvalue weighted by molar-refractivity contribution is -0.119. The Morgan fingerprint density at radius 3 is 2.70 bits per heavy atom. The molecule has 1 aliphatic rings. The summed E-state index contributed by atoms with van der Waals surface area (Å²) in [5.41, 5.74) is 0. The molecule has 0 aromatic carbocycles. The fraction of sp³-hybridized carbons (Fsp3) is 0.625. The van der Waals surface area contributed by atoms with Crippen molar-refractivity contribution in [2.75, 3.05) is 0 Å². The van der Waals surface area contributed by atoms with Gasteiger partial charge in [0.15, 0.2) is 0 Å². The first-order valence-electron chi connectivity index (χ1n) is 3.64. The zero-order chi connectivity index (χ0) is 7.56. The second kappa shape index (κ2) is 2.86. The van der Waals surface area contributed by atoms with Crippen molar-refractivity contribution in [2.45, 2.75) is 26.3 Å². The van der Waals surface area contributed by atoms with Gasteiger partial charge in [0.05, 0.1) is 0 Å². The molecule has 2 atom stereocenters. The summed E-state index contributed by atoms with van der Waals surface area (Å²) in [7, 11) is 0. The number of nitrogens with one attached hydrogen (secondary N) is 1. The van der Waals surface area contributed by atoms with E-state index in [1.807, 2.05) is 0 Å². The monoisotopic (exact) mass is 139 g/mol. The molecule has 1 aliphatic carbocycles. The minimum Gasteiger partial charge on any atom is -0.350 e. The smallest absolute Gasteiger partial charge is 0.217 e. The van der Waals surface area contributed by atoms with Crippen molar-refractivity contribution in [3.63, 3.8) is 0 Å². The van der Waals surface area contributed by atoms with Gasteiger partial charge < -0.3 is 5.32 Å². The van der Waals surface area contributed by atoms with E-state index in [0.29, 0.717) is 5.92 Å². The molecule has 1 rings (SSSR count). The van der Waals surface area contributed by atoms with Crippen LogP contribution >= 0.6 is 0 Å². The Labute approximate surface area is 61.3 Å². The Morgan fingerprint density at radius 1 is 1.60 bits per heavy atom. The summed E-state index contributed by atoms with van der Waals surface area (Å²) >= 11 is 0. The molecule has 0 saturated heterocycles. The molecule has 0 spiro atoms. The lowest BCUT2D eigenvalue weighted by Crippen LogP contribution is -2.30. The highest BCUT2D eigenvalue weighted by Gasteiger charge is 2.14. The van der Waals surface area contributed by atoms with Gasteiger partial charge in [-0.25, -0.2) is 0 Å². The molecular formula is C8H13NO. The third-order valence-electron chi connectivity index (χ3n) is 1.69. The molecule has 0 aromatic heterocycles. The number of carbonyl (C=O) groups is 1. The van der Waals surface area contributed by atoms with Crippen molar-refractivity contribution in [3.8, 4) is 0 Å². The molecule has 1 amide bonds. The van der Waals surface area contributed by atoms with Crippen LogP contribution < -0.4 is 5.32 Å². The van der Waals surface area contributed by atoms with E-state index in [1.54, 1.807) is 6.92 Å². The van der Waals surface area contributed by atoms with Crippen LogP contribution in [0.4, 0.5) is 0 Å². The number of rotatable bonds is 1. The second-order valence-electron chi connectivity index (χ2n) is 2.90. The van der Waals surface area contributed by atoms with Crippen molar-refractivity contribution in [1.29, 1.82) is 0 Å². The minimum absolute atomic E-state index is 0.0590. The molecule has 2 heteroatoms. The molecule has 0 aliphatic heterocycles. The van der Waals surface area contributed by atoms with Crippen molar-refractivity contribution < 1.29 is 4.79 Å². The van der Waals surface area contributed by atoms with Gasteiger partial charge >= 0.3 is 0 Å². The van der Waals surface area contributed by atoms with Crippen LogP contribution in [0.25, 0.3) is 0 Å². The summed E-state index contributed by atoms with van der Waals surface area (Å²) in [5, 5.41) is 2.85. The van der Waals surface area contributed by atoms with Crippen LogP contribution in [0, 0.1) is 5.92 Å². The van der Waals surface area contributed by atoms with E-state index in [0.717, 1.165) is 6.42 Å². The first kappa shape index (κ1) is 7.32. The Balaban J connectivity index is 2.33. The van der Waals surface area contributed by atoms with Gasteiger partial charge in [0.1, 0.15) is 0 Å². The average molecular weight is 139 g/mol. The van der Waals surface area contributed by atoms with Gasteiger partial charge in [-0.15, -0.1) is 0 Å². The predicted octanol–water partition coefficient (Wildman–Crippen LogP) is 1.09. The fourth-order valence-corrected chi connectivity index (χ4v) is 1.25. The quantitative estimate of drug-likeness (QED) is 0.541. The van der Waals surface area contributed by atoms with Crippen molar-refractivity contribution in [2.24, 2.45) is 5.92 Å². The third kappa shape index (κ3) is 1.87. The molecule has 0 aromatic rings. The highest BCUT2D eigenvalue weighted by atomic mass is 16.1. The maximum atomic E-state index is 10.6. The molecular weight excluding hydrogens is 126 g/mol. The van der Waals surface area contributed by atoms with Gasteiger partial charge in [0.25, 0.3) is 0 Å². The zero-order valence-corrected chi connectivity index (χ0v) is 6.42. The Kier molecular flexibility index (Phi) is 2.10. The number of carbonyl (C=O) groups excluding carboxylic acids is 1. The molecule has 0 saturated carbocycles. The molecule has 2 unspecified atom stereocenters. The van der Waals surface area contributed by atoms with Crippen LogP contribution in [0.15, 0.2) is 12.2 Å². The van der Waals surface area contributed by atoms with E-state index in [9.17, 15) is 4.79 Å². The Morgan fingerprint density at radius 2 is 2.30 bits per heavy atom. The van der Waals surface area contributed by atoms with Crippen molar-refractivity contribution in [1.82, 2.24) is 5.32 Å². The van der Waals surface area contributed by atoms with Crippen LogP contribution in [0.2, 0.25) is 0 Å². The lowest BCUT2D eigenvalue weighted by atomic mass is 10.1. The molecule has 0 fully saturated rings. The standard InChI is InChI=1S/C8H13NO/c1-6-3-4-8(5-6)9-7(2)10/h3-4,6,8H,5H2,1-2H3,(H,9,10). The Bertz CT molecular complexity index is 163.